The predicted molar refractivity (Wildman–Crippen MR) is 96.6 cm³/mol. The van der Waals surface area contributed by atoms with Crippen molar-refractivity contribution in [3.63, 3.8) is 0 Å². The fourth-order valence-electron chi connectivity index (χ4n) is 2.31. The molecular formula is C18H30N2OS. The van der Waals surface area contributed by atoms with Crippen LogP contribution in [-0.2, 0) is 4.79 Å². The SMILES string of the molecule is CCCCCCCCCCC(=O)NN=C(C)c1ccc(C)s1. The number of hydrazone groups is 1. The first kappa shape index (κ1) is 18.9. The molecule has 1 amide bonds. The van der Waals surface area contributed by atoms with Gasteiger partial charge in [-0.15, -0.1) is 11.3 Å². The van der Waals surface area contributed by atoms with Gasteiger partial charge in [-0.1, -0.05) is 51.9 Å². The molecule has 0 aromatic carbocycles. The lowest BCUT2D eigenvalue weighted by Gasteiger charge is -2.02. The number of nitrogens with zero attached hydrogens (tertiary/aromatic N) is 1. The number of aryl methyl sites for hydroxylation is 1. The fourth-order valence-corrected chi connectivity index (χ4v) is 3.12. The molecule has 0 saturated carbocycles. The van der Waals surface area contributed by atoms with Crippen LogP contribution in [0.5, 0.6) is 0 Å². The molecule has 0 aliphatic heterocycles. The molecule has 0 aliphatic carbocycles. The highest BCUT2D eigenvalue weighted by Crippen LogP contribution is 2.15. The lowest BCUT2D eigenvalue weighted by Crippen LogP contribution is -2.18. The Morgan fingerprint density at radius 1 is 1.09 bits per heavy atom. The summed E-state index contributed by atoms with van der Waals surface area (Å²) in [7, 11) is 0. The average molecular weight is 323 g/mol. The Bertz CT molecular complexity index is 465. The fraction of sp³-hybridized carbons (Fsp3) is 0.667. The number of carbonyl (C=O) groups excluding carboxylic acids is 1. The number of rotatable bonds is 11. The summed E-state index contributed by atoms with van der Waals surface area (Å²) in [6.07, 6.45) is 10.6. The molecule has 124 valence electrons. The monoisotopic (exact) mass is 322 g/mol. The summed E-state index contributed by atoms with van der Waals surface area (Å²) in [5, 5.41) is 4.18. The summed E-state index contributed by atoms with van der Waals surface area (Å²) in [6.45, 7) is 6.24. The van der Waals surface area contributed by atoms with Gasteiger partial charge in [0, 0.05) is 11.3 Å². The van der Waals surface area contributed by atoms with E-state index in [1.165, 1.54) is 43.4 Å². The van der Waals surface area contributed by atoms with E-state index in [1.807, 2.05) is 13.0 Å². The van der Waals surface area contributed by atoms with Crippen molar-refractivity contribution in [1.82, 2.24) is 5.43 Å². The van der Waals surface area contributed by atoms with Crippen molar-refractivity contribution in [2.75, 3.05) is 0 Å². The van der Waals surface area contributed by atoms with Crippen molar-refractivity contribution in [2.24, 2.45) is 5.10 Å². The zero-order valence-corrected chi connectivity index (χ0v) is 15.1. The lowest BCUT2D eigenvalue weighted by atomic mass is 10.1. The van der Waals surface area contributed by atoms with Gasteiger partial charge in [-0.25, -0.2) is 5.43 Å². The van der Waals surface area contributed by atoms with Crippen LogP contribution in [0.4, 0.5) is 0 Å². The topological polar surface area (TPSA) is 41.5 Å². The molecule has 0 fully saturated rings. The number of unbranched alkanes of at least 4 members (excludes halogenated alkanes) is 7. The van der Waals surface area contributed by atoms with Crippen LogP contribution in [0.3, 0.4) is 0 Å². The van der Waals surface area contributed by atoms with Crippen LogP contribution in [-0.4, -0.2) is 11.6 Å². The van der Waals surface area contributed by atoms with E-state index in [2.05, 4.69) is 30.4 Å². The zero-order chi connectivity index (χ0) is 16.2. The quantitative estimate of drug-likeness (QED) is 0.329. The Morgan fingerprint density at radius 3 is 2.32 bits per heavy atom. The van der Waals surface area contributed by atoms with Crippen molar-refractivity contribution in [3.8, 4) is 0 Å². The van der Waals surface area contributed by atoms with Gasteiger partial charge in [0.15, 0.2) is 0 Å². The molecule has 1 N–H and O–H groups in total. The third-order valence-corrected chi connectivity index (χ3v) is 4.81. The molecule has 0 aliphatic rings. The summed E-state index contributed by atoms with van der Waals surface area (Å²) in [6, 6.07) is 4.12. The summed E-state index contributed by atoms with van der Waals surface area (Å²) >= 11 is 1.70. The predicted octanol–water partition coefficient (Wildman–Crippen LogP) is 5.43. The number of nitrogens with one attached hydrogen (secondary N) is 1. The van der Waals surface area contributed by atoms with E-state index in [4.69, 9.17) is 0 Å². The minimum atomic E-state index is 0.0265. The maximum absolute atomic E-state index is 11.7. The number of carbonyl (C=O) groups is 1. The van der Waals surface area contributed by atoms with Crippen LogP contribution in [0.15, 0.2) is 17.2 Å². The molecule has 0 radical (unpaired) electrons. The smallest absolute Gasteiger partial charge is 0.240 e. The molecule has 0 saturated heterocycles. The van der Waals surface area contributed by atoms with Crippen molar-refractivity contribution >= 4 is 23.0 Å². The number of thiophene rings is 1. The third-order valence-electron chi connectivity index (χ3n) is 3.70. The van der Waals surface area contributed by atoms with Gasteiger partial charge >= 0.3 is 0 Å². The Labute approximate surface area is 139 Å². The van der Waals surface area contributed by atoms with Crippen LogP contribution in [0, 0.1) is 6.92 Å². The molecule has 1 rings (SSSR count). The van der Waals surface area contributed by atoms with Crippen molar-refractivity contribution in [1.29, 1.82) is 0 Å². The third kappa shape index (κ3) is 8.32. The van der Waals surface area contributed by atoms with E-state index < -0.39 is 0 Å². The van der Waals surface area contributed by atoms with E-state index in [0.717, 1.165) is 23.4 Å². The van der Waals surface area contributed by atoms with Gasteiger partial charge < -0.3 is 0 Å². The molecule has 0 bridgehead atoms. The van der Waals surface area contributed by atoms with E-state index in [1.54, 1.807) is 11.3 Å². The average Bonchev–Trinajstić information content (AvgIpc) is 2.94. The van der Waals surface area contributed by atoms with E-state index in [9.17, 15) is 4.79 Å². The van der Waals surface area contributed by atoms with Gasteiger partial charge in [-0.3, -0.25) is 4.79 Å². The summed E-state index contributed by atoms with van der Waals surface area (Å²) in [5.41, 5.74) is 3.54. The Morgan fingerprint density at radius 2 is 1.73 bits per heavy atom. The number of hydrogen-bond donors (Lipinski definition) is 1. The minimum absolute atomic E-state index is 0.0265. The van der Waals surface area contributed by atoms with Gasteiger partial charge in [0.05, 0.1) is 10.6 Å². The van der Waals surface area contributed by atoms with Gasteiger partial charge in [0.25, 0.3) is 0 Å². The highest BCUT2D eigenvalue weighted by atomic mass is 32.1. The summed E-state index contributed by atoms with van der Waals surface area (Å²) in [4.78, 5) is 14.1. The second-order valence-electron chi connectivity index (χ2n) is 5.87. The highest BCUT2D eigenvalue weighted by molar-refractivity contribution is 7.14. The summed E-state index contributed by atoms with van der Waals surface area (Å²) < 4.78 is 0. The van der Waals surface area contributed by atoms with E-state index in [-0.39, 0.29) is 5.91 Å². The molecule has 1 aromatic rings. The van der Waals surface area contributed by atoms with Crippen LogP contribution in [0.25, 0.3) is 0 Å². The Balaban J connectivity index is 2.08. The van der Waals surface area contributed by atoms with Gasteiger partial charge in [-0.05, 0) is 32.4 Å². The van der Waals surface area contributed by atoms with Gasteiger partial charge in [0.1, 0.15) is 0 Å². The standard InChI is InChI=1S/C18H30N2OS/c1-4-5-6-7-8-9-10-11-12-18(21)20-19-16(3)17-14-13-15(2)22-17/h13-14H,4-12H2,1-3H3,(H,20,21). The molecule has 4 heteroatoms. The van der Waals surface area contributed by atoms with Crippen molar-refractivity contribution < 1.29 is 4.79 Å². The summed E-state index contributed by atoms with van der Waals surface area (Å²) in [5.74, 6) is 0.0265. The van der Waals surface area contributed by atoms with Crippen LogP contribution >= 0.6 is 11.3 Å². The van der Waals surface area contributed by atoms with E-state index >= 15 is 0 Å². The van der Waals surface area contributed by atoms with Crippen molar-refractivity contribution in [2.45, 2.75) is 78.6 Å². The molecule has 22 heavy (non-hydrogen) atoms. The molecule has 3 nitrogen and oxygen atoms in total. The Hall–Kier alpha value is -1.16. The molecule has 0 unspecified atom stereocenters. The first-order valence-corrected chi connectivity index (χ1v) is 9.35. The molecule has 0 spiro atoms. The number of amides is 1. The van der Waals surface area contributed by atoms with Gasteiger partial charge in [-0.2, -0.15) is 5.10 Å². The highest BCUT2D eigenvalue weighted by Gasteiger charge is 2.03. The molecule has 1 heterocycles. The molecular weight excluding hydrogens is 292 g/mol. The second kappa shape index (κ2) is 11.4. The van der Waals surface area contributed by atoms with Crippen molar-refractivity contribution in [3.05, 3.63) is 21.9 Å². The maximum atomic E-state index is 11.7. The first-order chi connectivity index (χ1) is 10.6. The first-order valence-electron chi connectivity index (χ1n) is 8.53. The van der Waals surface area contributed by atoms with E-state index in [0.29, 0.717) is 6.42 Å². The lowest BCUT2D eigenvalue weighted by molar-refractivity contribution is -0.121. The second-order valence-corrected chi connectivity index (χ2v) is 7.16. The minimum Gasteiger partial charge on any atom is -0.273 e. The molecule has 1 aromatic heterocycles. The van der Waals surface area contributed by atoms with Gasteiger partial charge in [0.2, 0.25) is 5.91 Å². The van der Waals surface area contributed by atoms with Crippen LogP contribution in [0.1, 0.15) is 81.4 Å². The zero-order valence-electron chi connectivity index (χ0n) is 14.3. The normalized spacial score (nSPS) is 11.7. The maximum Gasteiger partial charge on any atom is 0.240 e. The number of hydrogen-bond acceptors (Lipinski definition) is 3. The van der Waals surface area contributed by atoms with Crippen LogP contribution in [0.2, 0.25) is 0 Å². The van der Waals surface area contributed by atoms with Crippen LogP contribution < -0.4 is 5.43 Å². The Kier molecular flexibility index (Phi) is 9.80. The molecule has 0 atom stereocenters. The largest absolute Gasteiger partial charge is 0.273 e.